The van der Waals surface area contributed by atoms with Crippen LogP contribution in [0.1, 0.15) is 24.8 Å². The summed E-state index contributed by atoms with van der Waals surface area (Å²) in [5.74, 6) is -5.77. The van der Waals surface area contributed by atoms with Crippen molar-refractivity contribution in [2.75, 3.05) is 13.2 Å². The van der Waals surface area contributed by atoms with Crippen LogP contribution in [0.25, 0.3) is 0 Å². The number of rotatable bonds is 16. The number of hydrogen-bond acceptors (Lipinski definition) is 8. The van der Waals surface area contributed by atoms with E-state index in [1.807, 2.05) is 0 Å². The van der Waals surface area contributed by atoms with Crippen molar-refractivity contribution in [3.63, 3.8) is 0 Å². The van der Waals surface area contributed by atoms with Crippen molar-refractivity contribution >= 4 is 35.6 Å². The van der Waals surface area contributed by atoms with E-state index in [2.05, 4.69) is 20.9 Å². The molecule has 0 aromatic heterocycles. The fraction of sp³-hybridized carbons (Fsp3) is 0.455. The molecule has 1 aromatic carbocycles. The van der Waals surface area contributed by atoms with Gasteiger partial charge in [-0.1, -0.05) is 30.3 Å². The van der Waals surface area contributed by atoms with Crippen LogP contribution in [0.4, 0.5) is 0 Å². The molecule has 0 saturated carbocycles. The Labute approximate surface area is 212 Å². The van der Waals surface area contributed by atoms with Gasteiger partial charge in [-0.05, 0) is 18.4 Å². The van der Waals surface area contributed by atoms with Crippen LogP contribution in [0.2, 0.25) is 0 Å². The number of benzene rings is 1. The Bertz CT molecular complexity index is 969. The van der Waals surface area contributed by atoms with Crippen LogP contribution in [-0.4, -0.2) is 88.3 Å². The van der Waals surface area contributed by atoms with Gasteiger partial charge in [0, 0.05) is 13.0 Å². The second-order valence-electron chi connectivity index (χ2n) is 8.05. The number of aliphatic imine (C=N–C) groups is 1. The van der Waals surface area contributed by atoms with E-state index in [0.29, 0.717) is 12.0 Å². The first-order valence-electron chi connectivity index (χ1n) is 11.3. The van der Waals surface area contributed by atoms with Crippen molar-refractivity contribution in [2.45, 2.75) is 49.9 Å². The number of carbonyl (C=O) groups excluding carboxylic acids is 3. The first-order chi connectivity index (χ1) is 17.4. The monoisotopic (exact) mass is 523 g/mol. The molecule has 0 bridgehead atoms. The number of carboxylic acid groups (broad SMARTS) is 2. The van der Waals surface area contributed by atoms with E-state index in [1.54, 1.807) is 30.3 Å². The second kappa shape index (κ2) is 15.7. The average Bonchev–Trinajstić information content (AvgIpc) is 2.83. The average molecular weight is 524 g/mol. The van der Waals surface area contributed by atoms with Gasteiger partial charge in [0.05, 0.1) is 19.1 Å². The smallest absolute Gasteiger partial charge is 0.328 e. The van der Waals surface area contributed by atoms with Crippen molar-refractivity contribution < 1.29 is 39.3 Å². The molecule has 4 unspecified atom stereocenters. The summed E-state index contributed by atoms with van der Waals surface area (Å²) < 4.78 is 0. The summed E-state index contributed by atoms with van der Waals surface area (Å²) in [6.07, 6.45) is -0.418. The fourth-order valence-corrected chi connectivity index (χ4v) is 3.10. The van der Waals surface area contributed by atoms with Crippen molar-refractivity contribution in [3.8, 4) is 0 Å². The fourth-order valence-electron chi connectivity index (χ4n) is 3.10. The first kappa shape index (κ1) is 30.8. The Morgan fingerprint density at radius 2 is 1.43 bits per heavy atom. The third kappa shape index (κ3) is 11.8. The summed E-state index contributed by atoms with van der Waals surface area (Å²) in [5.41, 5.74) is 16.9. The topological polar surface area (TPSA) is 273 Å². The van der Waals surface area contributed by atoms with Crippen LogP contribution in [0.15, 0.2) is 35.3 Å². The van der Waals surface area contributed by atoms with Crippen LogP contribution < -0.4 is 33.2 Å². The van der Waals surface area contributed by atoms with Gasteiger partial charge >= 0.3 is 11.9 Å². The van der Waals surface area contributed by atoms with Gasteiger partial charge in [-0.2, -0.15) is 0 Å². The molecule has 1 aromatic rings. The number of nitrogens with zero attached hydrogens (tertiary/aromatic N) is 1. The van der Waals surface area contributed by atoms with Gasteiger partial charge in [0.1, 0.15) is 18.1 Å². The third-order valence-electron chi connectivity index (χ3n) is 5.03. The van der Waals surface area contributed by atoms with E-state index < -0.39 is 66.9 Å². The molecule has 12 N–H and O–H groups in total. The lowest BCUT2D eigenvalue weighted by molar-refractivity contribution is -0.144. The lowest BCUT2D eigenvalue weighted by atomic mass is 10.0. The molecule has 15 heteroatoms. The molecule has 3 amide bonds. The van der Waals surface area contributed by atoms with Crippen molar-refractivity contribution in [1.29, 1.82) is 0 Å². The highest BCUT2D eigenvalue weighted by Gasteiger charge is 2.31. The van der Waals surface area contributed by atoms with Gasteiger partial charge in [-0.15, -0.1) is 0 Å². The lowest BCUT2D eigenvalue weighted by Crippen LogP contribution is -2.58. The van der Waals surface area contributed by atoms with Gasteiger partial charge in [-0.3, -0.25) is 24.2 Å². The molecular weight excluding hydrogens is 490 g/mol. The van der Waals surface area contributed by atoms with E-state index in [1.165, 1.54) is 0 Å². The molecule has 37 heavy (non-hydrogen) atoms. The molecule has 0 spiro atoms. The van der Waals surface area contributed by atoms with Gasteiger partial charge in [0.15, 0.2) is 5.96 Å². The molecule has 0 radical (unpaired) electrons. The van der Waals surface area contributed by atoms with Gasteiger partial charge in [-0.25, -0.2) is 4.79 Å². The predicted molar refractivity (Wildman–Crippen MR) is 131 cm³/mol. The highest BCUT2D eigenvalue weighted by molar-refractivity contribution is 5.95. The van der Waals surface area contributed by atoms with Crippen LogP contribution in [0.3, 0.4) is 0 Å². The molecular formula is C22H33N7O8. The van der Waals surface area contributed by atoms with Gasteiger partial charge < -0.3 is 48.5 Å². The normalized spacial score (nSPS) is 13.8. The van der Waals surface area contributed by atoms with E-state index >= 15 is 0 Å². The van der Waals surface area contributed by atoms with Crippen molar-refractivity contribution in [1.82, 2.24) is 16.0 Å². The zero-order chi connectivity index (χ0) is 28.0. The maximum atomic E-state index is 12.9. The largest absolute Gasteiger partial charge is 0.481 e. The summed E-state index contributed by atoms with van der Waals surface area (Å²) in [6.45, 7) is -0.685. The summed E-state index contributed by atoms with van der Waals surface area (Å²) in [4.78, 5) is 64.5. The van der Waals surface area contributed by atoms with E-state index in [4.69, 9.17) is 22.3 Å². The molecule has 4 atom stereocenters. The Balaban J connectivity index is 3.00. The molecule has 0 aliphatic heterocycles. The maximum Gasteiger partial charge on any atom is 0.328 e. The molecule has 0 heterocycles. The Morgan fingerprint density at radius 3 is 1.97 bits per heavy atom. The van der Waals surface area contributed by atoms with Gasteiger partial charge in [0.25, 0.3) is 0 Å². The highest BCUT2D eigenvalue weighted by atomic mass is 16.4. The van der Waals surface area contributed by atoms with Crippen molar-refractivity contribution in [3.05, 3.63) is 35.9 Å². The number of carboxylic acids is 2. The predicted octanol–water partition coefficient (Wildman–Crippen LogP) is -3.38. The van der Waals surface area contributed by atoms with Crippen LogP contribution >= 0.6 is 0 Å². The minimum Gasteiger partial charge on any atom is -0.481 e. The lowest BCUT2D eigenvalue weighted by Gasteiger charge is -2.24. The zero-order valence-corrected chi connectivity index (χ0v) is 20.0. The summed E-state index contributed by atoms with van der Waals surface area (Å²) >= 11 is 0. The molecule has 1 rings (SSSR count). The second-order valence-corrected chi connectivity index (χ2v) is 8.05. The van der Waals surface area contributed by atoms with Crippen LogP contribution in [0.5, 0.6) is 0 Å². The molecule has 0 aliphatic rings. The minimum atomic E-state index is -1.63. The molecule has 0 fully saturated rings. The Kier molecular flexibility index (Phi) is 13.1. The highest BCUT2D eigenvalue weighted by Crippen LogP contribution is 2.06. The summed E-state index contributed by atoms with van der Waals surface area (Å²) in [6, 6.07) is 2.73. The number of nitrogens with two attached hydrogens (primary N) is 3. The third-order valence-corrected chi connectivity index (χ3v) is 5.03. The molecule has 15 nitrogen and oxygen atoms in total. The SMILES string of the molecule is NC(N)=NCCCC(N)C(=O)NC(CC(=O)O)C(=O)NC(Cc1ccccc1)C(=O)NC(CO)C(=O)O. The number of nitrogens with one attached hydrogen (secondary N) is 3. The summed E-state index contributed by atoms with van der Waals surface area (Å²) in [5, 5.41) is 34.3. The molecule has 0 saturated heterocycles. The molecule has 204 valence electrons. The van der Waals surface area contributed by atoms with E-state index in [-0.39, 0.29) is 25.3 Å². The quantitative estimate of drug-likeness (QED) is 0.0585. The number of hydrogen-bond donors (Lipinski definition) is 9. The number of amides is 3. The minimum absolute atomic E-state index is 0.0891. The number of aliphatic carboxylic acids is 2. The van der Waals surface area contributed by atoms with E-state index in [0.717, 1.165) is 0 Å². The van der Waals surface area contributed by atoms with Crippen LogP contribution in [0, 0.1) is 0 Å². The van der Waals surface area contributed by atoms with Gasteiger partial charge in [0.2, 0.25) is 17.7 Å². The first-order valence-corrected chi connectivity index (χ1v) is 11.3. The standard InChI is InChI=1S/C22H33N7O8/c23-13(7-4-8-26-22(24)25)18(33)27-15(10-17(31)32)20(35)28-14(9-12-5-2-1-3-6-12)19(34)29-16(11-30)21(36)37/h1-3,5-6,13-16,30H,4,7-11,23H2,(H,27,33)(H,28,35)(H,29,34)(H,31,32)(H,36,37)(H4,24,25,26). The zero-order valence-electron chi connectivity index (χ0n) is 20.0. The Morgan fingerprint density at radius 1 is 0.865 bits per heavy atom. The van der Waals surface area contributed by atoms with E-state index in [9.17, 15) is 34.2 Å². The summed E-state index contributed by atoms with van der Waals surface area (Å²) in [7, 11) is 0. The number of aliphatic hydroxyl groups is 1. The number of aliphatic hydroxyl groups excluding tert-OH is 1. The number of carbonyl (C=O) groups is 5. The molecule has 0 aliphatic carbocycles. The number of guanidine groups is 1. The Hall–Kier alpha value is -4.24. The van der Waals surface area contributed by atoms with Crippen LogP contribution in [-0.2, 0) is 30.4 Å². The maximum absolute atomic E-state index is 12.9. The van der Waals surface area contributed by atoms with Crippen molar-refractivity contribution in [2.24, 2.45) is 22.2 Å².